The molecule has 0 aliphatic heterocycles. The first kappa shape index (κ1) is 18.7. The first-order valence-corrected chi connectivity index (χ1v) is 9.02. The van der Waals surface area contributed by atoms with Crippen LogP contribution in [0.3, 0.4) is 0 Å². The van der Waals surface area contributed by atoms with E-state index >= 15 is 0 Å². The van der Waals surface area contributed by atoms with Gasteiger partial charge in [0.15, 0.2) is 12.4 Å². The molecule has 3 heteroatoms. The van der Waals surface area contributed by atoms with Gasteiger partial charge in [0.1, 0.15) is 6.54 Å². The van der Waals surface area contributed by atoms with Gasteiger partial charge in [-0.15, -0.1) is 0 Å². The molecule has 22 heavy (non-hydrogen) atoms. The number of unbranched alkanes of at least 4 members (excludes halogenated alkanes) is 7. The Balaban J connectivity index is 2.29. The van der Waals surface area contributed by atoms with Gasteiger partial charge in [-0.25, -0.2) is 4.57 Å². The zero-order valence-electron chi connectivity index (χ0n) is 14.4. The monoisotopic (exact) mass is 305 g/mol. The minimum Gasteiger partial charge on any atom is -0.411 e. The number of aryl methyl sites for hydroxylation is 1. The van der Waals surface area contributed by atoms with E-state index in [1.807, 2.05) is 12.1 Å². The van der Waals surface area contributed by atoms with Crippen LogP contribution in [-0.4, -0.2) is 10.9 Å². The summed E-state index contributed by atoms with van der Waals surface area (Å²) >= 11 is 0. The number of aromatic nitrogens is 1. The van der Waals surface area contributed by atoms with Gasteiger partial charge in [-0.05, 0) is 18.9 Å². The Morgan fingerprint density at radius 1 is 1.00 bits per heavy atom. The normalized spacial score (nSPS) is 11.8. The van der Waals surface area contributed by atoms with Gasteiger partial charge in [0.25, 0.3) is 0 Å². The molecule has 1 heterocycles. The Bertz CT molecular complexity index is 429. The van der Waals surface area contributed by atoms with Crippen LogP contribution in [0.5, 0.6) is 0 Å². The van der Waals surface area contributed by atoms with E-state index in [2.05, 4.69) is 36.0 Å². The Hall–Kier alpha value is -1.38. The van der Waals surface area contributed by atoms with Crippen molar-refractivity contribution in [1.82, 2.24) is 0 Å². The highest BCUT2D eigenvalue weighted by Gasteiger charge is 2.09. The lowest BCUT2D eigenvalue weighted by atomic mass is 10.0. The van der Waals surface area contributed by atoms with Crippen LogP contribution in [0, 0.1) is 0 Å². The van der Waals surface area contributed by atoms with Crippen molar-refractivity contribution in [3.8, 4) is 0 Å². The molecule has 0 aliphatic rings. The third-order valence-electron chi connectivity index (χ3n) is 4.06. The van der Waals surface area contributed by atoms with E-state index in [1.165, 1.54) is 44.9 Å². The zero-order valence-corrected chi connectivity index (χ0v) is 14.4. The lowest BCUT2D eigenvalue weighted by Crippen LogP contribution is -2.33. The van der Waals surface area contributed by atoms with Crippen molar-refractivity contribution in [3.05, 3.63) is 30.1 Å². The van der Waals surface area contributed by atoms with Gasteiger partial charge in [-0.3, -0.25) is 0 Å². The summed E-state index contributed by atoms with van der Waals surface area (Å²) in [5, 5.41) is 12.8. The molecule has 1 N–H and O–H groups in total. The van der Waals surface area contributed by atoms with Gasteiger partial charge in [-0.2, -0.15) is 0 Å². The standard InChI is InChI=1S/C19H32N2O/c1-3-5-6-7-8-9-10-11-14-19(20-22)18-13-12-16-21(17-18)15-4-2/h12-13,16-17H,3-11,14-15H2,1-2H3/p+1/b20-19-. The first-order valence-electron chi connectivity index (χ1n) is 9.02. The van der Waals surface area contributed by atoms with Crippen LogP contribution < -0.4 is 4.57 Å². The highest BCUT2D eigenvalue weighted by atomic mass is 16.4. The number of rotatable bonds is 12. The quantitative estimate of drug-likeness (QED) is 0.188. The molecule has 0 fully saturated rings. The number of hydrogen-bond donors (Lipinski definition) is 1. The molecule has 0 radical (unpaired) electrons. The molecule has 0 aliphatic carbocycles. The molecular formula is C19H33N2O+. The van der Waals surface area contributed by atoms with Crippen molar-refractivity contribution < 1.29 is 9.77 Å². The predicted molar refractivity (Wildman–Crippen MR) is 92.5 cm³/mol. The fourth-order valence-corrected chi connectivity index (χ4v) is 2.77. The predicted octanol–water partition coefficient (Wildman–Crippen LogP) is 5.09. The Kier molecular flexibility index (Phi) is 10.3. The average molecular weight is 305 g/mol. The van der Waals surface area contributed by atoms with E-state index < -0.39 is 0 Å². The van der Waals surface area contributed by atoms with Gasteiger partial charge in [0, 0.05) is 12.5 Å². The minimum atomic E-state index is 0.816. The molecular weight excluding hydrogens is 272 g/mol. The molecule has 1 aromatic rings. The molecule has 0 spiro atoms. The molecule has 1 aromatic heterocycles. The second kappa shape index (κ2) is 12.2. The zero-order chi connectivity index (χ0) is 16.0. The van der Waals surface area contributed by atoms with Crippen molar-refractivity contribution in [2.24, 2.45) is 5.16 Å². The molecule has 0 atom stereocenters. The van der Waals surface area contributed by atoms with Gasteiger partial charge in [0.05, 0.1) is 11.3 Å². The van der Waals surface area contributed by atoms with Crippen molar-refractivity contribution in [2.75, 3.05) is 0 Å². The number of nitrogens with zero attached hydrogens (tertiary/aromatic N) is 2. The molecule has 124 valence electrons. The van der Waals surface area contributed by atoms with Crippen molar-refractivity contribution in [3.63, 3.8) is 0 Å². The van der Waals surface area contributed by atoms with Crippen LogP contribution >= 0.6 is 0 Å². The molecule has 3 nitrogen and oxygen atoms in total. The van der Waals surface area contributed by atoms with Gasteiger partial charge >= 0.3 is 0 Å². The van der Waals surface area contributed by atoms with Crippen molar-refractivity contribution >= 4 is 5.71 Å². The third kappa shape index (κ3) is 7.58. The van der Waals surface area contributed by atoms with Crippen LogP contribution in [0.4, 0.5) is 0 Å². The van der Waals surface area contributed by atoms with Gasteiger partial charge in [0.2, 0.25) is 0 Å². The first-order chi connectivity index (χ1) is 10.8. The number of oxime groups is 1. The summed E-state index contributed by atoms with van der Waals surface area (Å²) in [4.78, 5) is 0. The van der Waals surface area contributed by atoms with E-state index in [0.717, 1.165) is 37.1 Å². The maximum Gasteiger partial charge on any atom is 0.178 e. The second-order valence-electron chi connectivity index (χ2n) is 6.10. The summed E-state index contributed by atoms with van der Waals surface area (Å²) in [6.07, 6.45) is 16.5. The van der Waals surface area contributed by atoms with Gasteiger partial charge in [-0.1, -0.05) is 63.9 Å². The third-order valence-corrected chi connectivity index (χ3v) is 4.06. The van der Waals surface area contributed by atoms with Crippen LogP contribution in [0.2, 0.25) is 0 Å². The lowest BCUT2D eigenvalue weighted by Gasteiger charge is -2.05. The van der Waals surface area contributed by atoms with Gasteiger partial charge < -0.3 is 5.21 Å². The smallest absolute Gasteiger partial charge is 0.178 e. The fraction of sp³-hybridized carbons (Fsp3) is 0.684. The summed E-state index contributed by atoms with van der Waals surface area (Å²) in [7, 11) is 0. The summed E-state index contributed by atoms with van der Waals surface area (Å²) < 4.78 is 2.16. The highest BCUT2D eigenvalue weighted by molar-refractivity contribution is 5.99. The van der Waals surface area contributed by atoms with E-state index in [9.17, 15) is 5.21 Å². The molecule has 0 saturated heterocycles. The minimum absolute atomic E-state index is 0.816. The van der Waals surface area contributed by atoms with E-state index in [-0.39, 0.29) is 0 Å². The van der Waals surface area contributed by atoms with Crippen molar-refractivity contribution in [2.45, 2.75) is 84.6 Å². The molecule has 0 bridgehead atoms. The fourth-order valence-electron chi connectivity index (χ4n) is 2.77. The maximum absolute atomic E-state index is 9.28. The molecule has 0 unspecified atom stereocenters. The largest absolute Gasteiger partial charge is 0.411 e. The average Bonchev–Trinajstić information content (AvgIpc) is 2.54. The van der Waals surface area contributed by atoms with Crippen LogP contribution in [0.25, 0.3) is 0 Å². The summed E-state index contributed by atoms with van der Waals surface area (Å²) in [6.45, 7) is 5.43. The molecule has 1 rings (SSSR count). The Morgan fingerprint density at radius 3 is 2.32 bits per heavy atom. The van der Waals surface area contributed by atoms with Crippen LogP contribution in [0.1, 0.15) is 83.6 Å². The molecule has 0 aromatic carbocycles. The van der Waals surface area contributed by atoms with Crippen LogP contribution in [-0.2, 0) is 6.54 Å². The Labute approximate surface area is 136 Å². The van der Waals surface area contributed by atoms with E-state index in [1.54, 1.807) is 0 Å². The summed E-state index contributed by atoms with van der Waals surface area (Å²) in [6, 6.07) is 4.07. The molecule has 0 amide bonds. The van der Waals surface area contributed by atoms with E-state index in [0.29, 0.717) is 0 Å². The summed E-state index contributed by atoms with van der Waals surface area (Å²) in [5.41, 5.74) is 1.86. The second-order valence-corrected chi connectivity index (χ2v) is 6.10. The van der Waals surface area contributed by atoms with Crippen molar-refractivity contribution in [1.29, 1.82) is 0 Å². The SMILES string of the molecule is CCCCCCCCCC/C(=N/O)c1ccc[n+](CCC)c1. The Morgan fingerprint density at radius 2 is 1.68 bits per heavy atom. The summed E-state index contributed by atoms with van der Waals surface area (Å²) in [5.74, 6) is 0. The van der Waals surface area contributed by atoms with E-state index in [4.69, 9.17) is 0 Å². The highest BCUT2D eigenvalue weighted by Crippen LogP contribution is 2.12. The lowest BCUT2D eigenvalue weighted by molar-refractivity contribution is -0.697. The molecule has 0 saturated carbocycles. The maximum atomic E-state index is 9.28. The topological polar surface area (TPSA) is 36.5 Å². The number of pyridine rings is 1. The van der Waals surface area contributed by atoms with Crippen LogP contribution in [0.15, 0.2) is 29.7 Å². The number of hydrogen-bond acceptors (Lipinski definition) is 2.